The molecule has 0 aromatic carbocycles. The van der Waals surface area contributed by atoms with Crippen LogP contribution >= 0.6 is 0 Å². The molecule has 0 spiro atoms. The molecule has 3 nitrogen and oxygen atoms in total. The van der Waals surface area contributed by atoms with E-state index >= 15 is 0 Å². The molecule has 0 bridgehead atoms. The molecule has 1 saturated heterocycles. The zero-order chi connectivity index (χ0) is 13.3. The van der Waals surface area contributed by atoms with Gasteiger partial charge in [0.05, 0.1) is 5.60 Å². The first-order chi connectivity index (χ1) is 9.21. The van der Waals surface area contributed by atoms with Crippen molar-refractivity contribution < 1.29 is 5.11 Å². The van der Waals surface area contributed by atoms with Crippen LogP contribution < -0.4 is 0 Å². The van der Waals surface area contributed by atoms with Crippen molar-refractivity contribution in [3.05, 3.63) is 30.1 Å². The first-order valence-corrected chi connectivity index (χ1v) is 7.55. The number of rotatable bonds is 3. The molecule has 1 aliphatic heterocycles. The van der Waals surface area contributed by atoms with Gasteiger partial charge in [-0.25, -0.2) is 0 Å². The van der Waals surface area contributed by atoms with Gasteiger partial charge in [0.25, 0.3) is 0 Å². The van der Waals surface area contributed by atoms with E-state index in [0.29, 0.717) is 11.8 Å². The highest BCUT2D eigenvalue weighted by Gasteiger charge is 2.47. The van der Waals surface area contributed by atoms with E-state index in [1.54, 1.807) is 0 Å². The van der Waals surface area contributed by atoms with E-state index in [2.05, 4.69) is 22.9 Å². The van der Waals surface area contributed by atoms with Gasteiger partial charge in [-0.15, -0.1) is 0 Å². The highest BCUT2D eigenvalue weighted by Crippen LogP contribution is 2.44. The second-order valence-corrected chi connectivity index (χ2v) is 6.27. The Morgan fingerprint density at radius 3 is 3.11 bits per heavy atom. The van der Waals surface area contributed by atoms with Crippen LogP contribution in [-0.2, 0) is 6.54 Å². The van der Waals surface area contributed by atoms with Gasteiger partial charge in [0.1, 0.15) is 0 Å². The molecule has 1 aliphatic carbocycles. The average molecular weight is 260 g/mol. The molecule has 3 rings (SSSR count). The topological polar surface area (TPSA) is 36.4 Å². The third-order valence-corrected chi connectivity index (χ3v) is 5.13. The van der Waals surface area contributed by atoms with Crippen molar-refractivity contribution >= 4 is 0 Å². The lowest BCUT2D eigenvalue weighted by Crippen LogP contribution is -2.44. The molecule has 19 heavy (non-hydrogen) atoms. The Balaban J connectivity index is 1.69. The Kier molecular flexibility index (Phi) is 3.59. The Labute approximate surface area is 115 Å². The van der Waals surface area contributed by atoms with E-state index in [-0.39, 0.29) is 0 Å². The van der Waals surface area contributed by atoms with Crippen LogP contribution in [0.5, 0.6) is 0 Å². The molecule has 3 heteroatoms. The monoisotopic (exact) mass is 260 g/mol. The number of aliphatic hydroxyl groups is 1. The van der Waals surface area contributed by atoms with Crippen LogP contribution in [0.2, 0.25) is 0 Å². The Morgan fingerprint density at radius 2 is 2.37 bits per heavy atom. The van der Waals surface area contributed by atoms with Crippen LogP contribution in [0.25, 0.3) is 0 Å². The predicted molar refractivity (Wildman–Crippen MR) is 75.6 cm³/mol. The summed E-state index contributed by atoms with van der Waals surface area (Å²) in [5.41, 5.74) is 0.869. The summed E-state index contributed by atoms with van der Waals surface area (Å²) in [7, 11) is 0. The minimum absolute atomic E-state index is 0.410. The van der Waals surface area contributed by atoms with Crippen LogP contribution in [0.1, 0.15) is 38.2 Å². The molecule has 2 fully saturated rings. The number of hydrogen-bond donors (Lipinski definition) is 1. The molecule has 0 amide bonds. The number of fused-ring (bicyclic) bond motifs is 1. The minimum atomic E-state index is -0.410. The number of nitrogens with zero attached hydrogens (tertiary/aromatic N) is 2. The van der Waals surface area contributed by atoms with Crippen LogP contribution in [0, 0.1) is 11.8 Å². The Morgan fingerprint density at radius 1 is 1.47 bits per heavy atom. The van der Waals surface area contributed by atoms with E-state index in [9.17, 15) is 5.11 Å². The van der Waals surface area contributed by atoms with Gasteiger partial charge >= 0.3 is 0 Å². The lowest BCUT2D eigenvalue weighted by molar-refractivity contribution is -0.0613. The fourth-order valence-corrected chi connectivity index (χ4v) is 4.04. The quantitative estimate of drug-likeness (QED) is 0.907. The van der Waals surface area contributed by atoms with E-state index in [0.717, 1.165) is 32.5 Å². The molecular formula is C16H24N2O. The lowest BCUT2D eigenvalue weighted by atomic mass is 9.69. The molecule has 2 heterocycles. The van der Waals surface area contributed by atoms with Crippen LogP contribution in [0.15, 0.2) is 24.5 Å². The maximum absolute atomic E-state index is 10.8. The number of likely N-dealkylation sites (tertiary alicyclic amines) is 1. The third kappa shape index (κ3) is 2.54. The highest BCUT2D eigenvalue weighted by atomic mass is 16.3. The normalized spacial score (nSPS) is 35.3. The second kappa shape index (κ2) is 5.22. The van der Waals surface area contributed by atoms with Gasteiger partial charge in [0.2, 0.25) is 0 Å². The van der Waals surface area contributed by atoms with Gasteiger partial charge in [-0.1, -0.05) is 19.4 Å². The average Bonchev–Trinajstić information content (AvgIpc) is 2.84. The van der Waals surface area contributed by atoms with Crippen molar-refractivity contribution in [2.75, 3.05) is 13.1 Å². The van der Waals surface area contributed by atoms with Gasteiger partial charge in [0, 0.05) is 37.9 Å². The summed E-state index contributed by atoms with van der Waals surface area (Å²) < 4.78 is 0. The first-order valence-electron chi connectivity index (χ1n) is 7.55. The van der Waals surface area contributed by atoms with E-state index < -0.39 is 5.60 Å². The fraction of sp³-hybridized carbons (Fsp3) is 0.688. The minimum Gasteiger partial charge on any atom is -0.390 e. The summed E-state index contributed by atoms with van der Waals surface area (Å²) in [5.74, 6) is 1.17. The number of aromatic nitrogens is 1. The van der Waals surface area contributed by atoms with Gasteiger partial charge in [-0.05, 0) is 36.8 Å². The lowest BCUT2D eigenvalue weighted by Gasteiger charge is -2.40. The summed E-state index contributed by atoms with van der Waals surface area (Å²) in [4.78, 5) is 6.68. The summed E-state index contributed by atoms with van der Waals surface area (Å²) in [6, 6.07) is 4.14. The summed E-state index contributed by atoms with van der Waals surface area (Å²) >= 11 is 0. The zero-order valence-corrected chi connectivity index (χ0v) is 11.8. The molecule has 0 unspecified atom stereocenters. The van der Waals surface area contributed by atoms with E-state index in [1.807, 2.05) is 18.5 Å². The standard InChI is InChI=1S/C16H24N2O/c1-2-16(19)7-3-6-14-11-18(12-15(14)16)10-13-5-4-8-17-9-13/h4-5,8-9,14-15,19H,2-3,6-7,10-12H2,1H3/t14-,15+,16-/m1/s1. The highest BCUT2D eigenvalue weighted by molar-refractivity contribution is 5.09. The van der Waals surface area contributed by atoms with Gasteiger partial charge < -0.3 is 5.11 Å². The number of hydrogen-bond acceptors (Lipinski definition) is 3. The predicted octanol–water partition coefficient (Wildman–Crippen LogP) is 2.45. The number of pyridine rings is 1. The molecule has 3 atom stereocenters. The maximum Gasteiger partial charge on any atom is 0.0688 e. The Hall–Kier alpha value is -0.930. The summed E-state index contributed by atoms with van der Waals surface area (Å²) in [6.07, 6.45) is 8.14. The molecule has 0 radical (unpaired) electrons. The van der Waals surface area contributed by atoms with Gasteiger partial charge in [-0.2, -0.15) is 0 Å². The van der Waals surface area contributed by atoms with Crippen molar-refractivity contribution in [2.45, 2.75) is 44.8 Å². The fourth-order valence-electron chi connectivity index (χ4n) is 4.04. The van der Waals surface area contributed by atoms with E-state index in [4.69, 9.17) is 0 Å². The molecule has 1 saturated carbocycles. The van der Waals surface area contributed by atoms with E-state index in [1.165, 1.54) is 18.4 Å². The first kappa shape index (κ1) is 13.1. The smallest absolute Gasteiger partial charge is 0.0688 e. The van der Waals surface area contributed by atoms with Gasteiger partial charge in [-0.3, -0.25) is 9.88 Å². The molecule has 1 aromatic rings. The van der Waals surface area contributed by atoms with Crippen molar-refractivity contribution in [3.63, 3.8) is 0 Å². The second-order valence-electron chi connectivity index (χ2n) is 6.27. The summed E-state index contributed by atoms with van der Waals surface area (Å²) in [5, 5.41) is 10.8. The zero-order valence-electron chi connectivity index (χ0n) is 11.8. The maximum atomic E-state index is 10.8. The molecule has 2 aliphatic rings. The van der Waals surface area contributed by atoms with Crippen molar-refractivity contribution in [1.29, 1.82) is 0 Å². The van der Waals surface area contributed by atoms with Crippen molar-refractivity contribution in [2.24, 2.45) is 11.8 Å². The van der Waals surface area contributed by atoms with Crippen LogP contribution in [0.3, 0.4) is 0 Å². The van der Waals surface area contributed by atoms with Crippen molar-refractivity contribution in [1.82, 2.24) is 9.88 Å². The van der Waals surface area contributed by atoms with Crippen LogP contribution in [-0.4, -0.2) is 33.7 Å². The Bertz CT molecular complexity index is 422. The SMILES string of the molecule is CC[C@@]1(O)CCC[C@@H]2CN(Cc3cccnc3)C[C@@H]21. The molecule has 104 valence electrons. The third-order valence-electron chi connectivity index (χ3n) is 5.13. The van der Waals surface area contributed by atoms with Gasteiger partial charge in [0.15, 0.2) is 0 Å². The molecule has 1 aromatic heterocycles. The van der Waals surface area contributed by atoms with Crippen molar-refractivity contribution in [3.8, 4) is 0 Å². The van der Waals surface area contributed by atoms with Crippen LogP contribution in [0.4, 0.5) is 0 Å². The molecular weight excluding hydrogens is 236 g/mol. The largest absolute Gasteiger partial charge is 0.390 e. The summed E-state index contributed by atoms with van der Waals surface area (Å²) in [6.45, 7) is 5.29. The molecule has 1 N–H and O–H groups in total.